The van der Waals surface area contributed by atoms with Crippen molar-refractivity contribution in [1.29, 1.82) is 0 Å². The molecule has 0 aliphatic carbocycles. The van der Waals surface area contributed by atoms with Gasteiger partial charge in [-0.25, -0.2) is 0 Å². The highest BCUT2D eigenvalue weighted by Gasteiger charge is 2.32. The monoisotopic (exact) mass is 301 g/mol. The van der Waals surface area contributed by atoms with Crippen molar-refractivity contribution in [2.24, 2.45) is 0 Å². The predicted octanol–water partition coefficient (Wildman–Crippen LogP) is 1.41. The number of rotatable bonds is 8. The molecule has 0 aromatic carbocycles. The Kier molecular flexibility index (Phi) is 7.11. The molecule has 6 nitrogen and oxygen atoms in total. The summed E-state index contributed by atoms with van der Waals surface area (Å²) in [6, 6.07) is 0. The van der Waals surface area contributed by atoms with Gasteiger partial charge in [-0.1, -0.05) is 26.7 Å². The van der Waals surface area contributed by atoms with Crippen LogP contribution in [0.25, 0.3) is 0 Å². The normalized spacial score (nSPS) is 19.6. The third kappa shape index (κ3) is 6.01. The van der Waals surface area contributed by atoms with E-state index in [1.165, 1.54) is 0 Å². The van der Waals surface area contributed by atoms with E-state index >= 15 is 0 Å². The average molecular weight is 301 g/mol. The Balaban J connectivity index is 2.58. The van der Waals surface area contributed by atoms with Crippen LogP contribution in [-0.2, 0) is 14.3 Å². The number of carbonyl (C=O) groups is 2. The lowest BCUT2D eigenvalue weighted by Gasteiger charge is -2.35. The van der Waals surface area contributed by atoms with Gasteiger partial charge in [0.2, 0.25) is 5.91 Å². The predicted molar refractivity (Wildman–Crippen MR) is 78.0 cm³/mol. The number of ether oxygens (including phenoxy) is 1. The van der Waals surface area contributed by atoms with Crippen LogP contribution in [0.3, 0.4) is 0 Å². The van der Waals surface area contributed by atoms with Gasteiger partial charge in [-0.2, -0.15) is 0 Å². The van der Waals surface area contributed by atoms with Crippen molar-refractivity contribution in [1.82, 2.24) is 4.90 Å². The lowest BCUT2D eigenvalue weighted by molar-refractivity contribution is -0.150. The maximum atomic E-state index is 12.4. The minimum atomic E-state index is -0.943. The van der Waals surface area contributed by atoms with Crippen LogP contribution in [0.1, 0.15) is 52.4 Å². The molecule has 1 rings (SSSR count). The number of aliphatic hydroxyl groups is 1. The Morgan fingerprint density at radius 2 is 1.90 bits per heavy atom. The van der Waals surface area contributed by atoms with Crippen molar-refractivity contribution in [3.05, 3.63) is 0 Å². The molecule has 122 valence electrons. The molecule has 0 radical (unpaired) electrons. The Bertz CT molecular complexity index is 352. The molecule has 0 aromatic rings. The maximum Gasteiger partial charge on any atom is 0.306 e. The van der Waals surface area contributed by atoms with Gasteiger partial charge in [0.15, 0.2) is 0 Å². The summed E-state index contributed by atoms with van der Waals surface area (Å²) in [7, 11) is 0. The molecule has 1 amide bonds. The minimum absolute atomic E-state index is 0.0992. The van der Waals surface area contributed by atoms with Gasteiger partial charge in [-0.3, -0.25) is 9.59 Å². The second kappa shape index (κ2) is 8.34. The van der Waals surface area contributed by atoms with E-state index in [1.54, 1.807) is 4.90 Å². The summed E-state index contributed by atoms with van der Waals surface area (Å²) in [4.78, 5) is 24.7. The van der Waals surface area contributed by atoms with Gasteiger partial charge in [0.25, 0.3) is 0 Å². The minimum Gasteiger partial charge on any atom is -0.481 e. The summed E-state index contributed by atoms with van der Waals surface area (Å²) in [6.45, 7) is 5.08. The van der Waals surface area contributed by atoms with E-state index in [0.29, 0.717) is 32.5 Å². The first-order valence-corrected chi connectivity index (χ1v) is 7.73. The Morgan fingerprint density at radius 3 is 2.43 bits per heavy atom. The van der Waals surface area contributed by atoms with Gasteiger partial charge in [0, 0.05) is 13.1 Å². The number of amides is 1. The van der Waals surface area contributed by atoms with Crippen molar-refractivity contribution in [3.8, 4) is 0 Å². The van der Waals surface area contributed by atoms with E-state index in [4.69, 9.17) is 9.84 Å². The van der Waals surface area contributed by atoms with Crippen LogP contribution >= 0.6 is 0 Å². The molecular weight excluding hydrogens is 274 g/mol. The molecule has 1 atom stereocenters. The van der Waals surface area contributed by atoms with Crippen molar-refractivity contribution in [2.45, 2.75) is 64.1 Å². The summed E-state index contributed by atoms with van der Waals surface area (Å²) in [5.74, 6) is -1.04. The molecule has 1 saturated heterocycles. The van der Waals surface area contributed by atoms with E-state index < -0.39 is 17.7 Å². The number of carboxylic acids is 1. The standard InChI is InChI=1S/C15H27NO5/c1-3-5-15(20,6-4-2)10-13(17)16-7-8-21-12(11-16)9-14(18)19/h12,20H,3-11H2,1-2H3,(H,18,19). The van der Waals surface area contributed by atoms with Gasteiger partial charge in [0.05, 0.1) is 31.2 Å². The zero-order valence-electron chi connectivity index (χ0n) is 13.0. The first-order chi connectivity index (χ1) is 9.90. The largest absolute Gasteiger partial charge is 0.481 e. The summed E-state index contributed by atoms with van der Waals surface area (Å²) in [5, 5.41) is 19.3. The van der Waals surface area contributed by atoms with Crippen LogP contribution in [0.5, 0.6) is 0 Å². The molecule has 1 fully saturated rings. The van der Waals surface area contributed by atoms with Crippen LogP contribution in [0.15, 0.2) is 0 Å². The lowest BCUT2D eigenvalue weighted by Crippen LogP contribution is -2.48. The number of hydrogen-bond acceptors (Lipinski definition) is 4. The summed E-state index contributed by atoms with van der Waals surface area (Å²) < 4.78 is 5.36. The number of carbonyl (C=O) groups excluding carboxylic acids is 1. The zero-order chi connectivity index (χ0) is 15.9. The Hall–Kier alpha value is -1.14. The number of carboxylic acid groups (broad SMARTS) is 1. The lowest BCUT2D eigenvalue weighted by atomic mass is 9.88. The number of hydrogen-bond donors (Lipinski definition) is 2. The summed E-state index contributed by atoms with van der Waals surface area (Å²) in [5.41, 5.74) is -0.943. The average Bonchev–Trinajstić information content (AvgIpc) is 2.38. The summed E-state index contributed by atoms with van der Waals surface area (Å²) >= 11 is 0. The van der Waals surface area contributed by atoms with E-state index in [9.17, 15) is 14.7 Å². The topological polar surface area (TPSA) is 87.1 Å². The van der Waals surface area contributed by atoms with Crippen molar-refractivity contribution in [3.63, 3.8) is 0 Å². The van der Waals surface area contributed by atoms with Crippen LogP contribution in [0.2, 0.25) is 0 Å². The molecular formula is C15H27NO5. The summed E-state index contributed by atoms with van der Waals surface area (Å²) in [6.07, 6.45) is 2.42. The van der Waals surface area contributed by atoms with Crippen molar-refractivity contribution < 1.29 is 24.5 Å². The van der Waals surface area contributed by atoms with E-state index in [-0.39, 0.29) is 18.7 Å². The number of aliphatic carboxylic acids is 1. The van der Waals surface area contributed by atoms with Gasteiger partial charge in [-0.15, -0.1) is 0 Å². The van der Waals surface area contributed by atoms with E-state index in [1.807, 2.05) is 13.8 Å². The number of nitrogens with zero attached hydrogens (tertiary/aromatic N) is 1. The second-order valence-corrected chi connectivity index (χ2v) is 5.83. The Morgan fingerprint density at radius 1 is 1.29 bits per heavy atom. The van der Waals surface area contributed by atoms with Gasteiger partial charge < -0.3 is 19.8 Å². The maximum absolute atomic E-state index is 12.4. The smallest absolute Gasteiger partial charge is 0.306 e. The first kappa shape index (κ1) is 17.9. The Labute approximate surface area is 126 Å². The van der Waals surface area contributed by atoms with Gasteiger partial charge >= 0.3 is 5.97 Å². The molecule has 1 aliphatic rings. The zero-order valence-corrected chi connectivity index (χ0v) is 13.0. The van der Waals surface area contributed by atoms with Crippen LogP contribution in [-0.4, -0.2) is 58.4 Å². The van der Waals surface area contributed by atoms with Gasteiger partial charge in [0.1, 0.15) is 0 Å². The van der Waals surface area contributed by atoms with E-state index in [2.05, 4.69) is 0 Å². The molecule has 0 spiro atoms. The molecule has 21 heavy (non-hydrogen) atoms. The van der Waals surface area contributed by atoms with Gasteiger partial charge in [-0.05, 0) is 12.8 Å². The van der Waals surface area contributed by atoms with Crippen molar-refractivity contribution in [2.75, 3.05) is 19.7 Å². The molecule has 1 heterocycles. The van der Waals surface area contributed by atoms with E-state index in [0.717, 1.165) is 12.8 Å². The quantitative estimate of drug-likeness (QED) is 0.708. The SMILES string of the molecule is CCCC(O)(CCC)CC(=O)N1CCOC(CC(=O)O)C1. The highest BCUT2D eigenvalue weighted by molar-refractivity contribution is 5.77. The molecule has 0 bridgehead atoms. The fourth-order valence-electron chi connectivity index (χ4n) is 2.89. The third-order valence-electron chi connectivity index (χ3n) is 3.80. The molecule has 0 saturated carbocycles. The van der Waals surface area contributed by atoms with Crippen LogP contribution in [0.4, 0.5) is 0 Å². The fourth-order valence-corrected chi connectivity index (χ4v) is 2.89. The van der Waals surface area contributed by atoms with Crippen LogP contribution in [0, 0.1) is 0 Å². The molecule has 2 N–H and O–H groups in total. The molecule has 6 heteroatoms. The molecule has 0 aromatic heterocycles. The van der Waals surface area contributed by atoms with Crippen LogP contribution < -0.4 is 0 Å². The number of morpholine rings is 1. The molecule has 1 unspecified atom stereocenters. The highest BCUT2D eigenvalue weighted by Crippen LogP contribution is 2.25. The fraction of sp³-hybridized carbons (Fsp3) is 0.867. The highest BCUT2D eigenvalue weighted by atomic mass is 16.5. The second-order valence-electron chi connectivity index (χ2n) is 5.83. The van der Waals surface area contributed by atoms with Crippen molar-refractivity contribution >= 4 is 11.9 Å². The third-order valence-corrected chi connectivity index (χ3v) is 3.80. The first-order valence-electron chi connectivity index (χ1n) is 7.73. The molecule has 1 aliphatic heterocycles.